The van der Waals surface area contributed by atoms with Crippen molar-refractivity contribution in [2.24, 2.45) is 0 Å². The lowest BCUT2D eigenvalue weighted by Gasteiger charge is -2.15. The van der Waals surface area contributed by atoms with Gasteiger partial charge in [0.2, 0.25) is 0 Å². The quantitative estimate of drug-likeness (QED) is 0.750. The molecule has 0 heterocycles. The van der Waals surface area contributed by atoms with Crippen LogP contribution in [0.5, 0.6) is 17.2 Å². The summed E-state index contributed by atoms with van der Waals surface area (Å²) in [5.74, 6) is -0.271. The molecule has 0 aliphatic rings. The fourth-order valence-electron chi connectivity index (χ4n) is 2.01. The van der Waals surface area contributed by atoms with Crippen molar-refractivity contribution in [1.29, 1.82) is 0 Å². The van der Waals surface area contributed by atoms with Crippen LogP contribution in [0, 0.1) is 0 Å². The molecule has 0 saturated carbocycles. The number of benzene rings is 2. The SMILES string of the molecule is CCCOc1ccccc1OCC(=O)Nc1ccccc1OC(F)(F)F. The monoisotopic (exact) mass is 369 g/mol. The molecule has 0 spiro atoms. The molecule has 2 aromatic carbocycles. The van der Waals surface area contributed by atoms with Gasteiger partial charge < -0.3 is 19.5 Å². The van der Waals surface area contributed by atoms with Gasteiger partial charge in [-0.1, -0.05) is 31.2 Å². The molecule has 0 radical (unpaired) electrons. The van der Waals surface area contributed by atoms with Crippen molar-refractivity contribution < 1.29 is 32.2 Å². The Hall–Kier alpha value is -2.90. The van der Waals surface area contributed by atoms with E-state index in [4.69, 9.17) is 9.47 Å². The molecule has 0 saturated heterocycles. The number of alkyl halides is 3. The number of carbonyl (C=O) groups excluding carboxylic acids is 1. The molecule has 8 heteroatoms. The Morgan fingerprint density at radius 3 is 2.15 bits per heavy atom. The fraction of sp³-hybridized carbons (Fsp3) is 0.278. The molecule has 1 N–H and O–H groups in total. The molecular formula is C18H18F3NO4. The maximum absolute atomic E-state index is 12.4. The molecule has 0 fully saturated rings. The summed E-state index contributed by atoms with van der Waals surface area (Å²) < 4.78 is 52.0. The van der Waals surface area contributed by atoms with Gasteiger partial charge in [-0.3, -0.25) is 4.79 Å². The van der Waals surface area contributed by atoms with Crippen molar-refractivity contribution in [2.45, 2.75) is 19.7 Å². The molecule has 2 aromatic rings. The molecule has 26 heavy (non-hydrogen) atoms. The van der Waals surface area contributed by atoms with E-state index in [1.807, 2.05) is 6.92 Å². The van der Waals surface area contributed by atoms with Gasteiger partial charge in [0.05, 0.1) is 12.3 Å². The van der Waals surface area contributed by atoms with Gasteiger partial charge in [0.1, 0.15) is 0 Å². The minimum absolute atomic E-state index is 0.103. The maximum Gasteiger partial charge on any atom is 0.573 e. The zero-order chi connectivity index (χ0) is 19.0. The summed E-state index contributed by atoms with van der Waals surface area (Å²) in [6.07, 6.45) is -4.04. The number of hydrogen-bond acceptors (Lipinski definition) is 4. The number of para-hydroxylation sites is 4. The van der Waals surface area contributed by atoms with Gasteiger partial charge in [0.15, 0.2) is 23.9 Å². The van der Waals surface area contributed by atoms with Crippen LogP contribution in [0.2, 0.25) is 0 Å². The molecular weight excluding hydrogens is 351 g/mol. The van der Waals surface area contributed by atoms with E-state index in [0.717, 1.165) is 12.5 Å². The second-order valence-electron chi connectivity index (χ2n) is 5.18. The minimum Gasteiger partial charge on any atom is -0.490 e. The molecule has 140 valence electrons. The standard InChI is InChI=1S/C18H18F3NO4/c1-2-11-24-15-9-5-6-10-16(15)25-12-17(23)22-13-7-3-4-8-14(13)26-18(19,20)21/h3-10H,2,11-12H2,1H3,(H,22,23). The predicted molar refractivity (Wildman–Crippen MR) is 89.5 cm³/mol. The first-order valence-electron chi connectivity index (χ1n) is 7.88. The van der Waals surface area contributed by atoms with E-state index in [1.165, 1.54) is 18.2 Å². The number of halogens is 3. The first-order valence-corrected chi connectivity index (χ1v) is 7.88. The Morgan fingerprint density at radius 2 is 1.54 bits per heavy atom. The van der Waals surface area contributed by atoms with E-state index in [2.05, 4.69) is 10.1 Å². The lowest BCUT2D eigenvalue weighted by molar-refractivity contribution is -0.274. The van der Waals surface area contributed by atoms with Crippen molar-refractivity contribution in [3.63, 3.8) is 0 Å². The number of anilines is 1. The van der Waals surface area contributed by atoms with Crippen LogP contribution in [0.4, 0.5) is 18.9 Å². The highest BCUT2D eigenvalue weighted by Gasteiger charge is 2.32. The van der Waals surface area contributed by atoms with Crippen LogP contribution in [0.1, 0.15) is 13.3 Å². The second-order valence-corrected chi connectivity index (χ2v) is 5.18. The Labute approximate surface area is 148 Å². The van der Waals surface area contributed by atoms with Crippen molar-refractivity contribution in [2.75, 3.05) is 18.5 Å². The van der Waals surface area contributed by atoms with Crippen molar-refractivity contribution >= 4 is 11.6 Å². The molecule has 0 bridgehead atoms. The van der Waals surface area contributed by atoms with Gasteiger partial charge >= 0.3 is 6.36 Å². The van der Waals surface area contributed by atoms with Crippen LogP contribution in [-0.4, -0.2) is 25.5 Å². The van der Waals surface area contributed by atoms with E-state index in [1.54, 1.807) is 24.3 Å². The average molecular weight is 369 g/mol. The summed E-state index contributed by atoms with van der Waals surface area (Å²) in [6, 6.07) is 12.1. The zero-order valence-electron chi connectivity index (χ0n) is 14.0. The van der Waals surface area contributed by atoms with Gasteiger partial charge in [-0.25, -0.2) is 0 Å². The van der Waals surface area contributed by atoms with Crippen LogP contribution in [-0.2, 0) is 4.79 Å². The maximum atomic E-state index is 12.4. The Kier molecular flexibility index (Phi) is 6.71. The first-order chi connectivity index (χ1) is 12.4. The van der Waals surface area contributed by atoms with Crippen molar-refractivity contribution in [3.8, 4) is 17.2 Å². The van der Waals surface area contributed by atoms with Crippen LogP contribution in [0.25, 0.3) is 0 Å². The van der Waals surface area contributed by atoms with Crippen LogP contribution < -0.4 is 19.5 Å². The summed E-state index contributed by atoms with van der Waals surface area (Å²) in [4.78, 5) is 12.0. The Bertz CT molecular complexity index is 734. The molecule has 0 unspecified atom stereocenters. The molecule has 2 rings (SSSR count). The van der Waals surface area contributed by atoms with Crippen molar-refractivity contribution in [3.05, 3.63) is 48.5 Å². The van der Waals surface area contributed by atoms with E-state index in [-0.39, 0.29) is 5.69 Å². The molecule has 0 aliphatic heterocycles. The predicted octanol–water partition coefficient (Wildman–Crippen LogP) is 4.39. The van der Waals surface area contributed by atoms with Gasteiger partial charge in [0, 0.05) is 0 Å². The highest BCUT2D eigenvalue weighted by Crippen LogP contribution is 2.30. The van der Waals surface area contributed by atoms with Crippen LogP contribution >= 0.6 is 0 Å². The highest BCUT2D eigenvalue weighted by atomic mass is 19.4. The number of hydrogen-bond donors (Lipinski definition) is 1. The summed E-state index contributed by atoms with van der Waals surface area (Å²) in [5, 5.41) is 2.34. The lowest BCUT2D eigenvalue weighted by atomic mass is 10.3. The number of ether oxygens (including phenoxy) is 3. The third kappa shape index (κ3) is 6.19. The number of rotatable bonds is 8. The number of nitrogens with one attached hydrogen (secondary N) is 1. The van der Waals surface area contributed by atoms with E-state index in [9.17, 15) is 18.0 Å². The van der Waals surface area contributed by atoms with Crippen molar-refractivity contribution in [1.82, 2.24) is 0 Å². The summed E-state index contributed by atoms with van der Waals surface area (Å²) >= 11 is 0. The highest BCUT2D eigenvalue weighted by molar-refractivity contribution is 5.93. The zero-order valence-corrected chi connectivity index (χ0v) is 14.0. The first kappa shape index (κ1) is 19.4. The topological polar surface area (TPSA) is 56.8 Å². The Balaban J connectivity index is 1.98. The number of amides is 1. The van der Waals surface area contributed by atoms with E-state index < -0.39 is 24.6 Å². The third-order valence-corrected chi connectivity index (χ3v) is 3.06. The van der Waals surface area contributed by atoms with E-state index in [0.29, 0.717) is 18.1 Å². The smallest absolute Gasteiger partial charge is 0.490 e. The molecule has 0 atom stereocenters. The third-order valence-electron chi connectivity index (χ3n) is 3.06. The van der Waals surface area contributed by atoms with Gasteiger partial charge in [0.25, 0.3) is 5.91 Å². The lowest BCUT2D eigenvalue weighted by Crippen LogP contribution is -2.22. The van der Waals surface area contributed by atoms with Gasteiger partial charge in [-0.15, -0.1) is 13.2 Å². The summed E-state index contributed by atoms with van der Waals surface area (Å²) in [6.45, 7) is 2.05. The van der Waals surface area contributed by atoms with E-state index >= 15 is 0 Å². The summed E-state index contributed by atoms with van der Waals surface area (Å²) in [5.41, 5.74) is -0.103. The summed E-state index contributed by atoms with van der Waals surface area (Å²) in [7, 11) is 0. The minimum atomic E-state index is -4.85. The average Bonchev–Trinajstić information content (AvgIpc) is 2.59. The molecule has 1 amide bonds. The molecule has 0 aromatic heterocycles. The van der Waals surface area contributed by atoms with Gasteiger partial charge in [-0.2, -0.15) is 0 Å². The number of carbonyl (C=O) groups is 1. The molecule has 0 aliphatic carbocycles. The fourth-order valence-corrected chi connectivity index (χ4v) is 2.01. The van der Waals surface area contributed by atoms with Crippen LogP contribution in [0.15, 0.2) is 48.5 Å². The van der Waals surface area contributed by atoms with Crippen LogP contribution in [0.3, 0.4) is 0 Å². The second kappa shape index (κ2) is 8.98. The molecule has 5 nitrogen and oxygen atoms in total. The normalized spacial score (nSPS) is 10.9. The Morgan fingerprint density at radius 1 is 0.962 bits per heavy atom. The largest absolute Gasteiger partial charge is 0.573 e. The van der Waals surface area contributed by atoms with Gasteiger partial charge in [-0.05, 0) is 30.7 Å².